The fraction of sp³-hybridized carbons (Fsp3) is 0.227. The molecule has 0 saturated heterocycles. The number of nitrogens with one attached hydrogen (secondary N) is 1. The Morgan fingerprint density at radius 1 is 1.10 bits per heavy atom. The minimum absolute atomic E-state index is 0.0678. The Balaban J connectivity index is 1.67. The van der Waals surface area contributed by atoms with E-state index < -0.39 is 17.5 Å². The van der Waals surface area contributed by atoms with Crippen molar-refractivity contribution in [2.75, 3.05) is 13.2 Å². The molecule has 1 aromatic heterocycles. The van der Waals surface area contributed by atoms with Crippen molar-refractivity contribution in [3.8, 4) is 11.5 Å². The van der Waals surface area contributed by atoms with E-state index in [2.05, 4.69) is 37.2 Å². The second-order valence-electron chi connectivity index (χ2n) is 6.59. The van der Waals surface area contributed by atoms with Crippen LogP contribution in [0.2, 0.25) is 0 Å². The Morgan fingerprint density at radius 2 is 1.90 bits per heavy atom. The predicted molar refractivity (Wildman–Crippen MR) is 123 cm³/mol. The number of fused-ring (bicyclic) bond motifs is 1. The molecule has 7 nitrogen and oxygen atoms in total. The molecule has 0 atom stereocenters. The van der Waals surface area contributed by atoms with Gasteiger partial charge in [-0.05, 0) is 58.7 Å². The van der Waals surface area contributed by atoms with E-state index in [0.717, 1.165) is 17.3 Å². The van der Waals surface area contributed by atoms with E-state index in [-0.39, 0.29) is 23.5 Å². The molecular formula is C22H19Br2NO6. The minimum atomic E-state index is -0.756. The lowest BCUT2D eigenvalue weighted by atomic mass is 10.1. The Kier molecular flexibility index (Phi) is 7.86. The Labute approximate surface area is 195 Å². The smallest absolute Gasteiger partial charge is 0.349 e. The first-order valence-corrected chi connectivity index (χ1v) is 11.1. The lowest BCUT2D eigenvalue weighted by Crippen LogP contribution is -2.28. The number of hydrogen-bond donors (Lipinski definition) is 1. The Morgan fingerprint density at radius 3 is 2.65 bits per heavy atom. The molecule has 0 saturated carbocycles. The highest BCUT2D eigenvalue weighted by atomic mass is 79.9. The van der Waals surface area contributed by atoms with Crippen LogP contribution in [0.4, 0.5) is 0 Å². The molecule has 2 aromatic carbocycles. The fourth-order valence-corrected chi connectivity index (χ4v) is 3.84. The number of hydrogen-bond acceptors (Lipinski definition) is 6. The topological polar surface area (TPSA) is 94.8 Å². The van der Waals surface area contributed by atoms with Crippen molar-refractivity contribution >= 4 is 54.7 Å². The Bertz CT molecular complexity index is 1170. The highest BCUT2D eigenvalue weighted by Crippen LogP contribution is 2.28. The van der Waals surface area contributed by atoms with Crippen molar-refractivity contribution in [3.63, 3.8) is 0 Å². The summed E-state index contributed by atoms with van der Waals surface area (Å²) in [5, 5.41) is 3.23. The highest BCUT2D eigenvalue weighted by Gasteiger charge is 2.15. The molecule has 31 heavy (non-hydrogen) atoms. The monoisotopic (exact) mass is 551 g/mol. The summed E-state index contributed by atoms with van der Waals surface area (Å²) < 4.78 is 17.5. The van der Waals surface area contributed by atoms with E-state index in [1.54, 1.807) is 30.3 Å². The largest absolute Gasteiger partial charge is 0.481 e. The molecule has 0 aliphatic rings. The summed E-state index contributed by atoms with van der Waals surface area (Å²) in [5.74, 6) is -0.409. The second kappa shape index (κ2) is 10.6. The maximum absolute atomic E-state index is 12.2. The van der Waals surface area contributed by atoms with Crippen molar-refractivity contribution < 1.29 is 23.5 Å². The van der Waals surface area contributed by atoms with Crippen LogP contribution < -0.4 is 20.4 Å². The van der Waals surface area contributed by atoms with Crippen molar-refractivity contribution in [2.45, 2.75) is 19.8 Å². The van der Waals surface area contributed by atoms with Crippen molar-refractivity contribution in [3.05, 3.63) is 67.4 Å². The average Bonchev–Trinajstić information content (AvgIpc) is 2.72. The number of amides is 1. The van der Waals surface area contributed by atoms with Crippen LogP contribution in [0.5, 0.6) is 11.5 Å². The highest BCUT2D eigenvalue weighted by molar-refractivity contribution is 9.11. The minimum Gasteiger partial charge on any atom is -0.481 e. The number of carbonyl (C=O) groups excluding carboxylic acids is 2. The van der Waals surface area contributed by atoms with Crippen LogP contribution in [0, 0.1) is 0 Å². The third-order valence-corrected chi connectivity index (χ3v) is 5.35. The van der Waals surface area contributed by atoms with Crippen molar-refractivity contribution in [2.24, 2.45) is 0 Å². The van der Waals surface area contributed by atoms with E-state index in [1.807, 2.05) is 6.92 Å². The van der Waals surface area contributed by atoms with E-state index in [9.17, 15) is 14.4 Å². The van der Waals surface area contributed by atoms with E-state index in [4.69, 9.17) is 13.9 Å². The van der Waals surface area contributed by atoms with E-state index in [0.29, 0.717) is 22.2 Å². The van der Waals surface area contributed by atoms with Gasteiger partial charge in [-0.15, -0.1) is 0 Å². The maximum atomic E-state index is 12.2. The van der Waals surface area contributed by atoms with E-state index >= 15 is 0 Å². The summed E-state index contributed by atoms with van der Waals surface area (Å²) in [7, 11) is 0. The van der Waals surface area contributed by atoms with Gasteiger partial charge in [-0.2, -0.15) is 0 Å². The number of benzene rings is 2. The summed E-state index contributed by atoms with van der Waals surface area (Å²) in [6.07, 6.45) is 1.75. The van der Waals surface area contributed by atoms with Crippen molar-refractivity contribution in [1.82, 2.24) is 5.32 Å². The van der Waals surface area contributed by atoms with Gasteiger partial charge in [0.2, 0.25) is 0 Å². The van der Waals surface area contributed by atoms with Gasteiger partial charge in [-0.3, -0.25) is 4.79 Å². The molecule has 162 valence electrons. The first-order valence-electron chi connectivity index (χ1n) is 9.52. The van der Waals surface area contributed by atoms with Crippen LogP contribution in [0.3, 0.4) is 0 Å². The quantitative estimate of drug-likeness (QED) is 0.186. The molecule has 3 rings (SSSR count). The van der Waals surface area contributed by atoms with E-state index in [1.165, 1.54) is 12.1 Å². The number of carbonyl (C=O) groups is 2. The van der Waals surface area contributed by atoms with Gasteiger partial charge in [0.25, 0.3) is 5.91 Å². The van der Waals surface area contributed by atoms with Gasteiger partial charge in [0, 0.05) is 22.5 Å². The summed E-state index contributed by atoms with van der Waals surface area (Å²) in [4.78, 5) is 36.5. The van der Waals surface area contributed by atoms with Crippen LogP contribution >= 0.6 is 31.9 Å². The van der Waals surface area contributed by atoms with Crippen LogP contribution in [0.25, 0.3) is 11.0 Å². The van der Waals surface area contributed by atoms with Gasteiger partial charge in [0.1, 0.15) is 22.6 Å². The summed E-state index contributed by atoms with van der Waals surface area (Å²) >= 11 is 6.69. The summed E-state index contributed by atoms with van der Waals surface area (Å²) in [6.45, 7) is 2.19. The van der Waals surface area contributed by atoms with Gasteiger partial charge < -0.3 is 19.2 Å². The SMILES string of the molecule is CCCCNC(=O)c1cc2ccc(OC(=O)COc3ccc(Br)cc3Br)cc2oc1=O. The molecule has 3 aromatic rings. The normalized spacial score (nSPS) is 10.7. The molecule has 0 bridgehead atoms. The third kappa shape index (κ3) is 6.18. The number of rotatable bonds is 8. The number of halogens is 2. The second-order valence-corrected chi connectivity index (χ2v) is 8.36. The zero-order valence-corrected chi connectivity index (χ0v) is 19.7. The summed E-state index contributed by atoms with van der Waals surface area (Å²) in [5.41, 5.74) is -0.618. The molecular weight excluding hydrogens is 534 g/mol. The van der Waals surface area contributed by atoms with Crippen LogP contribution in [-0.2, 0) is 4.79 Å². The number of esters is 1. The third-order valence-electron chi connectivity index (χ3n) is 4.24. The first kappa shape index (κ1) is 23.0. The zero-order chi connectivity index (χ0) is 22.4. The van der Waals surface area contributed by atoms with Crippen molar-refractivity contribution in [1.29, 1.82) is 0 Å². The lowest BCUT2D eigenvalue weighted by Gasteiger charge is -2.09. The van der Waals surface area contributed by atoms with Gasteiger partial charge >= 0.3 is 11.6 Å². The summed E-state index contributed by atoms with van der Waals surface area (Å²) in [6, 6.07) is 11.3. The zero-order valence-electron chi connectivity index (χ0n) is 16.6. The fourth-order valence-electron chi connectivity index (χ4n) is 2.68. The predicted octanol–water partition coefficient (Wildman–Crippen LogP) is 4.83. The molecule has 1 amide bonds. The van der Waals surface area contributed by atoms with Gasteiger partial charge in [0.05, 0.1) is 4.47 Å². The average molecular weight is 553 g/mol. The van der Waals surface area contributed by atoms with Gasteiger partial charge in [0.15, 0.2) is 6.61 Å². The number of ether oxygens (including phenoxy) is 2. The molecule has 0 aliphatic carbocycles. The molecule has 0 fully saturated rings. The molecule has 9 heteroatoms. The molecule has 0 spiro atoms. The van der Waals surface area contributed by atoms with Crippen LogP contribution in [-0.4, -0.2) is 25.0 Å². The van der Waals surface area contributed by atoms with Gasteiger partial charge in [-0.1, -0.05) is 29.3 Å². The molecule has 0 unspecified atom stereocenters. The molecule has 1 N–H and O–H groups in total. The maximum Gasteiger partial charge on any atom is 0.349 e. The van der Waals surface area contributed by atoms with Crippen LogP contribution in [0.15, 0.2) is 60.6 Å². The number of unbranched alkanes of at least 4 members (excludes halogenated alkanes) is 1. The molecule has 1 heterocycles. The lowest BCUT2D eigenvalue weighted by molar-refractivity contribution is -0.136. The van der Waals surface area contributed by atoms with Crippen LogP contribution in [0.1, 0.15) is 30.1 Å². The molecule has 0 radical (unpaired) electrons. The standard InChI is InChI=1S/C22H19Br2NO6/c1-2-3-8-25-21(27)16-9-13-4-6-15(11-19(13)31-22(16)28)30-20(26)12-29-18-7-5-14(23)10-17(18)24/h4-7,9-11H,2-3,8,12H2,1H3,(H,25,27). The molecule has 0 aliphatic heterocycles. The first-order chi connectivity index (χ1) is 14.9. The Hall–Kier alpha value is -2.65. The van der Waals surface area contributed by atoms with Gasteiger partial charge in [-0.25, -0.2) is 9.59 Å².